The Bertz CT molecular complexity index is 1180. The van der Waals surface area contributed by atoms with Crippen molar-refractivity contribution in [3.8, 4) is 11.1 Å². The zero-order valence-corrected chi connectivity index (χ0v) is 17.9. The molecule has 0 spiro atoms. The smallest absolute Gasteiger partial charge is 0.0467 e. The van der Waals surface area contributed by atoms with Crippen molar-refractivity contribution in [1.29, 1.82) is 0 Å². The predicted molar refractivity (Wildman–Crippen MR) is 131 cm³/mol. The number of allylic oxidation sites excluding steroid dienone is 2. The lowest BCUT2D eigenvalue weighted by atomic mass is 10.0. The minimum Gasteiger partial charge on any atom is -0.311 e. The Morgan fingerprint density at radius 1 is 0.833 bits per heavy atom. The maximum Gasteiger partial charge on any atom is 0.0467 e. The van der Waals surface area contributed by atoms with E-state index in [9.17, 15) is 0 Å². The van der Waals surface area contributed by atoms with Gasteiger partial charge in [-0.15, -0.1) is 0 Å². The molecule has 1 heteroatoms. The molecule has 1 nitrogen and oxygen atoms in total. The molecule has 0 heterocycles. The van der Waals surface area contributed by atoms with Gasteiger partial charge in [-0.05, 0) is 78.1 Å². The molecule has 0 saturated heterocycles. The second kappa shape index (κ2) is 9.00. The number of anilines is 2. The standard InChI is InChI=1S/C29H29N/c1-4-8-27(5-2)30(29-20-17-23-9-6-7-10-26(23)21-29)28-18-15-25(16-19-28)24-13-11-22(3)12-14-24/h5,8-21H,2,4,6-7H2,1,3H3/b27-8+. The summed E-state index contributed by atoms with van der Waals surface area (Å²) in [7, 11) is 0. The van der Waals surface area contributed by atoms with Crippen molar-refractivity contribution in [1.82, 2.24) is 0 Å². The molecule has 1 aliphatic rings. The van der Waals surface area contributed by atoms with E-state index in [1.54, 1.807) is 0 Å². The van der Waals surface area contributed by atoms with Gasteiger partial charge in [0.2, 0.25) is 0 Å². The van der Waals surface area contributed by atoms with Crippen molar-refractivity contribution in [2.45, 2.75) is 33.1 Å². The number of nitrogens with zero attached hydrogens (tertiary/aromatic N) is 1. The average Bonchev–Trinajstić information content (AvgIpc) is 2.79. The third kappa shape index (κ3) is 4.16. The van der Waals surface area contributed by atoms with Crippen LogP contribution in [0.3, 0.4) is 0 Å². The maximum atomic E-state index is 4.09. The highest BCUT2D eigenvalue weighted by atomic mass is 15.1. The Balaban J connectivity index is 1.78. The van der Waals surface area contributed by atoms with E-state index >= 15 is 0 Å². The van der Waals surface area contributed by atoms with E-state index in [4.69, 9.17) is 0 Å². The van der Waals surface area contributed by atoms with E-state index < -0.39 is 0 Å². The summed E-state index contributed by atoms with van der Waals surface area (Å²) in [6.45, 7) is 8.37. The molecule has 0 radical (unpaired) electrons. The van der Waals surface area contributed by atoms with E-state index in [2.05, 4.69) is 110 Å². The fourth-order valence-corrected chi connectivity index (χ4v) is 4.01. The van der Waals surface area contributed by atoms with Crippen molar-refractivity contribution in [2.24, 2.45) is 0 Å². The van der Waals surface area contributed by atoms with Gasteiger partial charge in [0.1, 0.15) is 0 Å². The van der Waals surface area contributed by atoms with E-state index in [0.29, 0.717) is 0 Å². The van der Waals surface area contributed by atoms with Gasteiger partial charge in [0.05, 0.1) is 0 Å². The normalized spacial score (nSPS) is 13.1. The van der Waals surface area contributed by atoms with Crippen LogP contribution in [-0.4, -0.2) is 0 Å². The summed E-state index contributed by atoms with van der Waals surface area (Å²) in [6, 6.07) is 24.3. The van der Waals surface area contributed by atoms with Crippen LogP contribution in [0.4, 0.5) is 11.4 Å². The van der Waals surface area contributed by atoms with Crippen molar-refractivity contribution in [3.63, 3.8) is 0 Å². The fraction of sp³-hybridized carbons (Fsp3) is 0.172. The molecule has 3 aromatic carbocycles. The lowest BCUT2D eigenvalue weighted by Crippen LogP contribution is -2.28. The molecule has 0 bridgehead atoms. The van der Waals surface area contributed by atoms with Gasteiger partial charge < -0.3 is 4.90 Å². The van der Waals surface area contributed by atoms with Crippen LogP contribution in [0, 0.1) is 6.92 Å². The summed E-state index contributed by atoms with van der Waals surface area (Å²) < 4.78 is 0. The minimum absolute atomic E-state index is 0.962. The summed E-state index contributed by atoms with van der Waals surface area (Å²) in [5, 5.41) is 2.65. The molecule has 0 unspecified atom stereocenters. The average molecular weight is 392 g/mol. The number of hydrogen-bond acceptors (Lipinski definition) is 1. The molecular weight excluding hydrogens is 362 g/mol. The number of hydrogen-bond donors (Lipinski definition) is 0. The first kappa shape index (κ1) is 20.0. The van der Waals surface area contributed by atoms with Crippen molar-refractivity contribution >= 4 is 23.5 Å². The van der Waals surface area contributed by atoms with Crippen LogP contribution in [0.2, 0.25) is 0 Å². The van der Waals surface area contributed by atoms with Crippen LogP contribution in [0.1, 0.15) is 31.7 Å². The molecule has 0 N–H and O–H groups in total. The van der Waals surface area contributed by atoms with Crippen LogP contribution < -0.4 is 15.3 Å². The number of rotatable bonds is 6. The molecule has 0 aliphatic heterocycles. The van der Waals surface area contributed by atoms with Crippen molar-refractivity contribution in [2.75, 3.05) is 4.90 Å². The largest absolute Gasteiger partial charge is 0.311 e. The summed E-state index contributed by atoms with van der Waals surface area (Å²) in [5.74, 6) is 0. The van der Waals surface area contributed by atoms with Gasteiger partial charge in [0.15, 0.2) is 0 Å². The zero-order chi connectivity index (χ0) is 20.9. The van der Waals surface area contributed by atoms with Crippen LogP contribution >= 0.6 is 0 Å². The molecular formula is C29H29N. The lowest BCUT2D eigenvalue weighted by Gasteiger charge is -2.27. The Hall–Kier alpha value is -3.32. The predicted octanol–water partition coefficient (Wildman–Crippen LogP) is 6.63. The minimum atomic E-state index is 0.962. The Labute approximate surface area is 180 Å². The molecule has 0 aromatic heterocycles. The fourth-order valence-electron chi connectivity index (χ4n) is 4.01. The van der Waals surface area contributed by atoms with Gasteiger partial charge >= 0.3 is 0 Å². The van der Waals surface area contributed by atoms with Crippen LogP contribution in [0.15, 0.2) is 91.2 Å². The first-order valence-electron chi connectivity index (χ1n) is 10.8. The van der Waals surface area contributed by atoms with E-state index in [1.165, 1.54) is 32.8 Å². The highest BCUT2D eigenvalue weighted by molar-refractivity contribution is 5.74. The van der Waals surface area contributed by atoms with E-state index in [0.717, 1.165) is 30.6 Å². The van der Waals surface area contributed by atoms with Gasteiger partial charge in [0, 0.05) is 17.1 Å². The van der Waals surface area contributed by atoms with E-state index in [1.807, 2.05) is 6.08 Å². The summed E-state index contributed by atoms with van der Waals surface area (Å²) in [4.78, 5) is 2.30. The SMILES string of the molecule is C=C/C(=C\CC)N(c1ccc(-c2ccc(C)cc2)cc1)c1ccc2c(c1)=CCCC=2. The van der Waals surface area contributed by atoms with Crippen LogP contribution in [0.25, 0.3) is 23.3 Å². The molecule has 1 aliphatic carbocycles. The molecule has 0 atom stereocenters. The topological polar surface area (TPSA) is 3.24 Å². The van der Waals surface area contributed by atoms with E-state index in [-0.39, 0.29) is 0 Å². The Kier molecular flexibility index (Phi) is 5.99. The highest BCUT2D eigenvalue weighted by Gasteiger charge is 2.13. The first-order valence-corrected chi connectivity index (χ1v) is 10.8. The summed E-state index contributed by atoms with van der Waals surface area (Å²) in [6.07, 6.45) is 12.1. The maximum absolute atomic E-state index is 4.09. The Morgan fingerprint density at radius 3 is 2.07 bits per heavy atom. The molecule has 0 fully saturated rings. The Morgan fingerprint density at radius 2 is 1.43 bits per heavy atom. The van der Waals surface area contributed by atoms with Crippen molar-refractivity contribution < 1.29 is 0 Å². The third-order valence-corrected chi connectivity index (χ3v) is 5.61. The van der Waals surface area contributed by atoms with Gasteiger partial charge in [0.25, 0.3) is 0 Å². The summed E-state index contributed by atoms with van der Waals surface area (Å²) in [5.41, 5.74) is 7.18. The molecule has 4 rings (SSSR count). The molecule has 0 amide bonds. The molecule has 0 saturated carbocycles. The van der Waals surface area contributed by atoms with Gasteiger partial charge in [-0.25, -0.2) is 0 Å². The monoisotopic (exact) mass is 391 g/mol. The first-order chi connectivity index (χ1) is 14.7. The lowest BCUT2D eigenvalue weighted by molar-refractivity contribution is 1.11. The van der Waals surface area contributed by atoms with Gasteiger partial charge in [-0.2, -0.15) is 0 Å². The third-order valence-electron chi connectivity index (χ3n) is 5.61. The van der Waals surface area contributed by atoms with Crippen LogP contribution in [0.5, 0.6) is 0 Å². The molecule has 3 aromatic rings. The quantitative estimate of drug-likeness (QED) is 0.426. The van der Waals surface area contributed by atoms with Gasteiger partial charge in [-0.1, -0.05) is 79.8 Å². The highest BCUT2D eigenvalue weighted by Crippen LogP contribution is 2.31. The number of aryl methyl sites for hydroxylation is 1. The van der Waals surface area contributed by atoms with Crippen LogP contribution in [-0.2, 0) is 0 Å². The number of benzene rings is 3. The second-order valence-electron chi connectivity index (χ2n) is 7.79. The summed E-state index contributed by atoms with van der Waals surface area (Å²) >= 11 is 0. The second-order valence-corrected chi connectivity index (χ2v) is 7.79. The van der Waals surface area contributed by atoms with Gasteiger partial charge in [-0.3, -0.25) is 0 Å². The zero-order valence-electron chi connectivity index (χ0n) is 17.9. The molecule has 150 valence electrons. The van der Waals surface area contributed by atoms with Crippen molar-refractivity contribution in [3.05, 3.63) is 107 Å². The molecule has 30 heavy (non-hydrogen) atoms. The number of fused-ring (bicyclic) bond motifs is 1.